The number of carbonyl (C=O) groups is 1. The molecule has 194 valence electrons. The summed E-state index contributed by atoms with van der Waals surface area (Å²) in [5.74, 6) is -2.03. The second-order valence-electron chi connectivity index (χ2n) is 10.6. The molecule has 3 aromatic heterocycles. The van der Waals surface area contributed by atoms with Crippen LogP contribution in [0.15, 0.2) is 54.9 Å². The lowest BCUT2D eigenvalue weighted by Gasteiger charge is -2.37. The Balaban J connectivity index is 1.42. The molecule has 1 aromatic carbocycles. The van der Waals surface area contributed by atoms with Gasteiger partial charge in [-0.05, 0) is 60.1 Å². The van der Waals surface area contributed by atoms with Gasteiger partial charge in [-0.25, -0.2) is 8.78 Å². The van der Waals surface area contributed by atoms with Crippen molar-refractivity contribution >= 4 is 5.91 Å². The normalized spacial score (nSPS) is 21.9. The third-order valence-corrected chi connectivity index (χ3v) is 8.40. The van der Waals surface area contributed by atoms with Gasteiger partial charge in [-0.3, -0.25) is 14.5 Å². The Labute approximate surface area is 217 Å². The first-order chi connectivity index (χ1) is 18.1. The Morgan fingerprint density at radius 2 is 1.89 bits per heavy atom. The summed E-state index contributed by atoms with van der Waals surface area (Å²) in [4.78, 5) is 16.2. The van der Waals surface area contributed by atoms with E-state index in [0.717, 1.165) is 35.4 Å². The van der Waals surface area contributed by atoms with E-state index in [1.165, 1.54) is 22.9 Å². The molecular weight excluding hydrogens is 490 g/mol. The van der Waals surface area contributed by atoms with Gasteiger partial charge in [0.2, 0.25) is 5.91 Å². The van der Waals surface area contributed by atoms with Crippen molar-refractivity contribution in [3.05, 3.63) is 83.4 Å². The van der Waals surface area contributed by atoms with Gasteiger partial charge in [0.1, 0.15) is 11.6 Å². The first-order valence-electron chi connectivity index (χ1n) is 12.4. The fourth-order valence-corrected chi connectivity index (χ4v) is 6.45. The van der Waals surface area contributed by atoms with E-state index in [4.69, 9.17) is 10.7 Å². The number of nitrogens with two attached hydrogens (primary N) is 1. The molecule has 1 fully saturated rings. The number of primary amides is 1. The predicted octanol–water partition coefficient (Wildman–Crippen LogP) is 3.73. The standard InChI is InChI=1S/C28H26F2N6O2/c1-27(2)17-9-10-28(27,25-16(17)11-21(34-35-25)24-18(29)5-3-6-19(24)30)23-8-4-7-20(33-23)15-12-32-36(13-15)14-22(37)26(31)38/h3-8,11-13,17,22,37H,9-10,14H2,1-2H3,(H2,31,38)/t17-,22-,28-/m0/s1. The van der Waals surface area contributed by atoms with Crippen LogP contribution in [0.5, 0.6) is 0 Å². The number of hydrogen-bond acceptors (Lipinski definition) is 6. The Morgan fingerprint density at radius 3 is 2.63 bits per heavy atom. The Bertz CT molecular complexity index is 1570. The molecule has 4 aromatic rings. The summed E-state index contributed by atoms with van der Waals surface area (Å²) in [6.07, 6.45) is 3.70. The molecular formula is C28H26F2N6O2. The third kappa shape index (κ3) is 3.39. The molecule has 10 heteroatoms. The number of hydrogen-bond donors (Lipinski definition) is 2. The summed E-state index contributed by atoms with van der Waals surface area (Å²) in [5.41, 5.74) is 8.37. The van der Waals surface area contributed by atoms with Crippen LogP contribution >= 0.6 is 0 Å². The maximum atomic E-state index is 14.5. The van der Waals surface area contributed by atoms with Gasteiger partial charge in [-0.2, -0.15) is 10.2 Å². The summed E-state index contributed by atoms with van der Waals surface area (Å²) >= 11 is 0. The highest BCUT2D eigenvalue weighted by Crippen LogP contribution is 2.69. The lowest BCUT2D eigenvalue weighted by molar-refractivity contribution is -0.126. The van der Waals surface area contributed by atoms with Crippen molar-refractivity contribution in [2.75, 3.05) is 0 Å². The second-order valence-corrected chi connectivity index (χ2v) is 10.6. The summed E-state index contributed by atoms with van der Waals surface area (Å²) in [5, 5.41) is 22.9. The molecule has 38 heavy (non-hydrogen) atoms. The molecule has 1 saturated carbocycles. The summed E-state index contributed by atoms with van der Waals surface area (Å²) < 4.78 is 30.5. The minimum atomic E-state index is -1.34. The maximum absolute atomic E-state index is 14.5. The maximum Gasteiger partial charge on any atom is 0.248 e. The van der Waals surface area contributed by atoms with Crippen LogP contribution < -0.4 is 5.73 Å². The Hall–Kier alpha value is -4.05. The van der Waals surface area contributed by atoms with Gasteiger partial charge in [0.05, 0.1) is 46.5 Å². The molecule has 3 atom stereocenters. The van der Waals surface area contributed by atoms with Gasteiger partial charge in [0.15, 0.2) is 6.10 Å². The van der Waals surface area contributed by atoms with E-state index in [1.807, 2.05) is 18.2 Å². The average Bonchev–Trinajstić information content (AvgIpc) is 3.51. The number of pyridine rings is 1. The zero-order chi connectivity index (χ0) is 26.8. The largest absolute Gasteiger partial charge is 0.381 e. The van der Waals surface area contributed by atoms with Gasteiger partial charge in [0, 0.05) is 11.8 Å². The lowest BCUT2D eigenvalue weighted by atomic mass is 9.66. The first-order valence-corrected chi connectivity index (χ1v) is 12.4. The Morgan fingerprint density at radius 1 is 1.16 bits per heavy atom. The van der Waals surface area contributed by atoms with Gasteiger partial charge in [-0.1, -0.05) is 26.0 Å². The van der Waals surface area contributed by atoms with E-state index < -0.39 is 29.1 Å². The number of carbonyl (C=O) groups excluding carboxylic acids is 1. The lowest BCUT2D eigenvalue weighted by Crippen LogP contribution is -2.37. The first kappa shape index (κ1) is 24.3. The Kier molecular flexibility index (Phi) is 5.43. The predicted molar refractivity (Wildman–Crippen MR) is 135 cm³/mol. The van der Waals surface area contributed by atoms with E-state index in [2.05, 4.69) is 29.1 Å². The number of aliphatic hydroxyl groups excluding tert-OH is 1. The number of aliphatic hydroxyl groups is 1. The fraction of sp³-hybridized carbons (Fsp3) is 0.321. The summed E-state index contributed by atoms with van der Waals surface area (Å²) in [7, 11) is 0. The molecule has 0 spiro atoms. The van der Waals surface area contributed by atoms with Crippen molar-refractivity contribution < 1.29 is 18.7 Å². The van der Waals surface area contributed by atoms with E-state index >= 15 is 0 Å². The van der Waals surface area contributed by atoms with E-state index in [9.17, 15) is 18.7 Å². The van der Waals surface area contributed by atoms with Crippen molar-refractivity contribution in [1.29, 1.82) is 0 Å². The number of amides is 1. The van der Waals surface area contributed by atoms with Crippen LogP contribution in [0.2, 0.25) is 0 Å². The SMILES string of the molecule is CC1(C)[C@H]2CC[C@]1(c1cccc(-c3cnn(C[C@H](O)C(N)=O)c3)n1)c1nnc(-c3c(F)cccc3F)cc12. The minimum absolute atomic E-state index is 0.0540. The molecule has 2 bridgehead atoms. The van der Waals surface area contributed by atoms with E-state index in [0.29, 0.717) is 5.69 Å². The summed E-state index contributed by atoms with van der Waals surface area (Å²) in [6.45, 7) is 4.32. The van der Waals surface area contributed by atoms with Crippen LogP contribution in [0.25, 0.3) is 22.5 Å². The van der Waals surface area contributed by atoms with Crippen LogP contribution in [0, 0.1) is 17.0 Å². The molecule has 0 aliphatic heterocycles. The molecule has 0 saturated heterocycles. The monoisotopic (exact) mass is 516 g/mol. The zero-order valence-electron chi connectivity index (χ0n) is 20.9. The molecule has 8 nitrogen and oxygen atoms in total. The van der Waals surface area contributed by atoms with Crippen LogP contribution in [-0.4, -0.2) is 42.1 Å². The van der Waals surface area contributed by atoms with Gasteiger partial charge in [-0.15, -0.1) is 5.10 Å². The molecule has 3 heterocycles. The molecule has 0 radical (unpaired) electrons. The topological polar surface area (TPSA) is 120 Å². The van der Waals surface area contributed by atoms with Crippen LogP contribution in [0.3, 0.4) is 0 Å². The van der Waals surface area contributed by atoms with Crippen molar-refractivity contribution in [2.24, 2.45) is 11.1 Å². The molecule has 6 rings (SSSR count). The zero-order valence-corrected chi connectivity index (χ0v) is 20.9. The second kappa shape index (κ2) is 8.49. The number of benzene rings is 1. The summed E-state index contributed by atoms with van der Waals surface area (Å²) in [6, 6.07) is 11.3. The van der Waals surface area contributed by atoms with Crippen LogP contribution in [0.1, 0.15) is 49.6 Å². The molecule has 2 aliphatic carbocycles. The van der Waals surface area contributed by atoms with E-state index in [1.54, 1.807) is 18.5 Å². The van der Waals surface area contributed by atoms with Gasteiger partial charge >= 0.3 is 0 Å². The van der Waals surface area contributed by atoms with Gasteiger partial charge in [0.25, 0.3) is 0 Å². The molecule has 0 unspecified atom stereocenters. The highest BCUT2D eigenvalue weighted by Gasteiger charge is 2.65. The highest BCUT2D eigenvalue weighted by atomic mass is 19.1. The van der Waals surface area contributed by atoms with Crippen molar-refractivity contribution in [3.63, 3.8) is 0 Å². The number of nitrogens with zero attached hydrogens (tertiary/aromatic N) is 5. The molecule has 3 N–H and O–H groups in total. The number of fused-ring (bicyclic) bond motifs is 5. The van der Waals surface area contributed by atoms with Crippen LogP contribution in [0.4, 0.5) is 8.78 Å². The fourth-order valence-electron chi connectivity index (χ4n) is 6.45. The smallest absolute Gasteiger partial charge is 0.248 e. The number of aromatic nitrogens is 5. The minimum Gasteiger partial charge on any atom is -0.381 e. The quantitative estimate of drug-likeness (QED) is 0.403. The van der Waals surface area contributed by atoms with Crippen molar-refractivity contribution in [1.82, 2.24) is 25.0 Å². The molecule has 1 amide bonds. The highest BCUT2D eigenvalue weighted by molar-refractivity contribution is 5.78. The molecule has 2 aliphatic rings. The number of rotatable bonds is 6. The van der Waals surface area contributed by atoms with E-state index in [-0.39, 0.29) is 29.1 Å². The third-order valence-electron chi connectivity index (χ3n) is 8.40. The van der Waals surface area contributed by atoms with Gasteiger partial charge < -0.3 is 10.8 Å². The average molecular weight is 517 g/mol. The number of halogens is 2. The van der Waals surface area contributed by atoms with Crippen molar-refractivity contribution in [3.8, 4) is 22.5 Å². The van der Waals surface area contributed by atoms with Crippen molar-refractivity contribution in [2.45, 2.75) is 50.7 Å². The van der Waals surface area contributed by atoms with Crippen LogP contribution in [-0.2, 0) is 16.8 Å².